The molecule has 0 spiro atoms. The Kier molecular flexibility index (Phi) is 4.65. The molecule has 0 aliphatic carbocycles. The first-order valence-corrected chi connectivity index (χ1v) is 8.07. The smallest absolute Gasteiger partial charge is 0.243 e. The number of benzene rings is 1. The van der Waals surface area contributed by atoms with Gasteiger partial charge in [-0.25, -0.2) is 8.42 Å². The molecule has 108 valence electrons. The van der Waals surface area contributed by atoms with E-state index >= 15 is 0 Å². The van der Waals surface area contributed by atoms with E-state index in [-0.39, 0.29) is 24.6 Å². The van der Waals surface area contributed by atoms with E-state index in [2.05, 4.69) is 15.9 Å². The first-order chi connectivity index (χ1) is 9.48. The van der Waals surface area contributed by atoms with E-state index < -0.39 is 16.1 Å². The Morgan fingerprint density at radius 1 is 1.55 bits per heavy atom. The highest BCUT2D eigenvalue weighted by atomic mass is 79.9. The summed E-state index contributed by atoms with van der Waals surface area (Å²) in [4.78, 5) is 0.156. The summed E-state index contributed by atoms with van der Waals surface area (Å²) in [7, 11) is -2.13. The Morgan fingerprint density at radius 3 is 2.90 bits per heavy atom. The largest absolute Gasteiger partial charge is 0.496 e. The zero-order chi connectivity index (χ0) is 14.8. The number of sulfonamides is 1. The Balaban J connectivity index is 2.30. The molecule has 1 aromatic carbocycles. The van der Waals surface area contributed by atoms with E-state index in [1.54, 1.807) is 6.07 Å². The van der Waals surface area contributed by atoms with Gasteiger partial charge in [0.25, 0.3) is 0 Å². The number of hydrogen-bond acceptors (Lipinski definition) is 5. The first-order valence-electron chi connectivity index (χ1n) is 5.84. The number of hydrogen-bond donors (Lipinski definition) is 0. The van der Waals surface area contributed by atoms with Crippen molar-refractivity contribution in [3.63, 3.8) is 0 Å². The SMILES string of the molecule is COc1ccc(S(=O)(=O)N2CCOC(C#N)C2)cc1Br. The van der Waals surface area contributed by atoms with E-state index in [0.717, 1.165) is 0 Å². The summed E-state index contributed by atoms with van der Waals surface area (Å²) in [6.45, 7) is 0.501. The second-order valence-corrected chi connectivity index (χ2v) is 6.94. The molecular formula is C12H13BrN2O4S. The van der Waals surface area contributed by atoms with Crippen LogP contribution in [-0.4, -0.2) is 45.6 Å². The van der Waals surface area contributed by atoms with E-state index in [4.69, 9.17) is 14.7 Å². The van der Waals surface area contributed by atoms with Gasteiger partial charge >= 0.3 is 0 Å². The van der Waals surface area contributed by atoms with E-state index in [0.29, 0.717) is 10.2 Å². The van der Waals surface area contributed by atoms with Crippen molar-refractivity contribution < 1.29 is 17.9 Å². The minimum absolute atomic E-state index is 0.0441. The molecule has 1 unspecified atom stereocenters. The molecule has 0 N–H and O–H groups in total. The van der Waals surface area contributed by atoms with Crippen LogP contribution in [0.4, 0.5) is 0 Å². The first kappa shape index (κ1) is 15.3. The van der Waals surface area contributed by atoms with Crippen molar-refractivity contribution in [1.29, 1.82) is 5.26 Å². The van der Waals surface area contributed by atoms with Gasteiger partial charge in [-0.3, -0.25) is 0 Å². The summed E-state index contributed by atoms with van der Waals surface area (Å²) >= 11 is 3.26. The van der Waals surface area contributed by atoms with Gasteiger partial charge in [0, 0.05) is 6.54 Å². The van der Waals surface area contributed by atoms with Crippen LogP contribution >= 0.6 is 15.9 Å². The van der Waals surface area contributed by atoms with Crippen molar-refractivity contribution in [2.45, 2.75) is 11.0 Å². The lowest BCUT2D eigenvalue weighted by molar-refractivity contribution is 0.0311. The molecule has 0 aromatic heterocycles. The van der Waals surface area contributed by atoms with Gasteiger partial charge in [-0.1, -0.05) is 0 Å². The minimum Gasteiger partial charge on any atom is -0.496 e. The maximum Gasteiger partial charge on any atom is 0.243 e. The highest BCUT2D eigenvalue weighted by Gasteiger charge is 2.31. The lowest BCUT2D eigenvalue weighted by Gasteiger charge is -2.29. The van der Waals surface area contributed by atoms with Crippen molar-refractivity contribution in [2.75, 3.05) is 26.8 Å². The fraction of sp³-hybridized carbons (Fsp3) is 0.417. The van der Waals surface area contributed by atoms with Gasteiger partial charge < -0.3 is 9.47 Å². The van der Waals surface area contributed by atoms with Crippen LogP contribution in [0, 0.1) is 11.3 Å². The molecule has 0 amide bonds. The number of rotatable bonds is 3. The van der Waals surface area contributed by atoms with Gasteiger partial charge in [-0.05, 0) is 34.1 Å². The summed E-state index contributed by atoms with van der Waals surface area (Å²) < 4.78 is 37.0. The van der Waals surface area contributed by atoms with Crippen LogP contribution < -0.4 is 4.74 Å². The van der Waals surface area contributed by atoms with Crippen molar-refractivity contribution in [3.05, 3.63) is 22.7 Å². The van der Waals surface area contributed by atoms with Gasteiger partial charge in [0.1, 0.15) is 5.75 Å². The summed E-state index contributed by atoms with van der Waals surface area (Å²) in [6, 6.07) is 6.48. The summed E-state index contributed by atoms with van der Waals surface area (Å²) in [5.74, 6) is 0.556. The lowest BCUT2D eigenvalue weighted by atomic mass is 10.3. The molecule has 1 fully saturated rings. The van der Waals surface area contributed by atoms with Crippen molar-refractivity contribution >= 4 is 26.0 Å². The molecule has 6 nitrogen and oxygen atoms in total. The molecule has 0 bridgehead atoms. The summed E-state index contributed by atoms with van der Waals surface area (Å²) in [5, 5.41) is 8.84. The molecule has 20 heavy (non-hydrogen) atoms. The quantitative estimate of drug-likeness (QED) is 0.813. The zero-order valence-electron chi connectivity index (χ0n) is 10.7. The molecule has 1 aliphatic rings. The molecule has 0 radical (unpaired) electrons. The third-order valence-corrected chi connectivity index (χ3v) is 5.42. The summed E-state index contributed by atoms with van der Waals surface area (Å²) in [6.07, 6.45) is -0.722. The molecule has 0 saturated carbocycles. The molecular weight excluding hydrogens is 348 g/mol. The number of methoxy groups -OCH3 is 1. The third kappa shape index (κ3) is 2.96. The fourth-order valence-corrected chi connectivity index (χ4v) is 4.02. The predicted molar refractivity (Wildman–Crippen MR) is 74.8 cm³/mol. The van der Waals surface area contributed by atoms with Crippen molar-refractivity contribution in [1.82, 2.24) is 4.31 Å². The normalized spacial score (nSPS) is 20.4. The molecule has 1 aliphatic heterocycles. The number of halogens is 1. The Bertz CT molecular complexity index is 641. The Hall–Kier alpha value is -1.14. The number of nitriles is 1. The van der Waals surface area contributed by atoms with Crippen LogP contribution in [0.3, 0.4) is 0 Å². The van der Waals surface area contributed by atoms with E-state index in [9.17, 15) is 8.42 Å². The highest BCUT2D eigenvalue weighted by molar-refractivity contribution is 9.10. The Morgan fingerprint density at radius 2 is 2.30 bits per heavy atom. The molecule has 1 saturated heterocycles. The predicted octanol–water partition coefficient (Wildman–Crippen LogP) is 1.37. The molecule has 1 atom stereocenters. The van der Waals surface area contributed by atoms with Gasteiger partial charge in [-0.2, -0.15) is 9.57 Å². The van der Waals surface area contributed by atoms with Gasteiger partial charge in [-0.15, -0.1) is 0 Å². The minimum atomic E-state index is -3.64. The fourth-order valence-electron chi connectivity index (χ4n) is 1.88. The second-order valence-electron chi connectivity index (χ2n) is 4.15. The maximum absolute atomic E-state index is 12.5. The van der Waals surface area contributed by atoms with Crippen molar-refractivity contribution in [2.24, 2.45) is 0 Å². The van der Waals surface area contributed by atoms with Gasteiger partial charge in [0.2, 0.25) is 10.0 Å². The van der Waals surface area contributed by atoms with Gasteiger partial charge in [0.05, 0.1) is 35.7 Å². The van der Waals surface area contributed by atoms with Crippen molar-refractivity contribution in [3.8, 4) is 11.8 Å². The topological polar surface area (TPSA) is 79.6 Å². The number of morpholine rings is 1. The van der Waals surface area contributed by atoms with E-state index in [1.165, 1.54) is 23.5 Å². The average molecular weight is 361 g/mol. The van der Waals surface area contributed by atoms with Crippen LogP contribution in [0.25, 0.3) is 0 Å². The van der Waals surface area contributed by atoms with Crippen LogP contribution in [-0.2, 0) is 14.8 Å². The molecule has 1 aromatic rings. The standard InChI is InChI=1S/C12H13BrN2O4S/c1-18-12-3-2-10(6-11(12)13)20(16,17)15-4-5-19-9(7-14)8-15/h2-3,6,9H,4-5,8H2,1H3. The van der Waals surface area contributed by atoms with Crippen LogP contribution in [0.5, 0.6) is 5.75 Å². The van der Waals surface area contributed by atoms with Crippen LogP contribution in [0.15, 0.2) is 27.6 Å². The van der Waals surface area contributed by atoms with Crippen LogP contribution in [0.1, 0.15) is 0 Å². The zero-order valence-corrected chi connectivity index (χ0v) is 13.1. The lowest BCUT2D eigenvalue weighted by Crippen LogP contribution is -2.44. The van der Waals surface area contributed by atoms with Crippen LogP contribution in [0.2, 0.25) is 0 Å². The maximum atomic E-state index is 12.5. The highest BCUT2D eigenvalue weighted by Crippen LogP contribution is 2.29. The second kappa shape index (κ2) is 6.10. The monoisotopic (exact) mass is 360 g/mol. The average Bonchev–Trinajstić information content (AvgIpc) is 2.47. The third-order valence-electron chi connectivity index (χ3n) is 2.93. The number of ether oxygens (including phenoxy) is 2. The number of nitrogens with zero attached hydrogens (tertiary/aromatic N) is 2. The summed E-state index contributed by atoms with van der Waals surface area (Å²) in [5.41, 5.74) is 0. The molecule has 8 heteroatoms. The van der Waals surface area contributed by atoms with E-state index in [1.807, 2.05) is 6.07 Å². The Labute approximate surface area is 126 Å². The van der Waals surface area contributed by atoms with Gasteiger partial charge in [0.15, 0.2) is 6.10 Å². The molecule has 2 rings (SSSR count). The molecule has 1 heterocycles.